The zero-order valence-electron chi connectivity index (χ0n) is 19.9. The van der Waals surface area contributed by atoms with Crippen molar-refractivity contribution in [3.05, 3.63) is 53.9 Å². The summed E-state index contributed by atoms with van der Waals surface area (Å²) < 4.78 is 6.62. The average Bonchev–Trinajstić information content (AvgIpc) is 3.40. The Morgan fingerprint density at radius 2 is 1.94 bits per heavy atom. The SMILES string of the molecule is COc1cc(C)c(Sc2cnc(Nc3ccccn3)s2)cc1C(=O)N1[C@@H]2CC[C@H]1CN(C(C)=O)C2. The molecule has 2 aliphatic heterocycles. The average molecular weight is 510 g/mol. The third-order valence-electron chi connectivity index (χ3n) is 6.48. The first-order valence-corrected chi connectivity index (χ1v) is 13.1. The Morgan fingerprint density at radius 1 is 1.17 bits per heavy atom. The molecule has 1 N–H and O–H groups in total. The topological polar surface area (TPSA) is 87.7 Å². The van der Waals surface area contributed by atoms with Crippen LogP contribution in [0.15, 0.2) is 51.8 Å². The molecule has 2 aliphatic rings. The second kappa shape index (κ2) is 9.87. The van der Waals surface area contributed by atoms with E-state index in [-0.39, 0.29) is 23.9 Å². The maximum Gasteiger partial charge on any atom is 0.258 e. The molecule has 8 nitrogen and oxygen atoms in total. The third kappa shape index (κ3) is 4.85. The zero-order valence-corrected chi connectivity index (χ0v) is 21.5. The van der Waals surface area contributed by atoms with Crippen LogP contribution in [0, 0.1) is 6.92 Å². The number of ether oxygens (including phenoxy) is 1. The molecule has 2 amide bonds. The van der Waals surface area contributed by atoms with Crippen molar-refractivity contribution >= 4 is 45.9 Å². The number of hydrogen-bond acceptors (Lipinski definition) is 8. The molecule has 0 radical (unpaired) electrons. The second-order valence-electron chi connectivity index (χ2n) is 8.77. The van der Waals surface area contributed by atoms with Gasteiger partial charge in [0.15, 0.2) is 5.13 Å². The van der Waals surface area contributed by atoms with Gasteiger partial charge in [0.05, 0.1) is 35.2 Å². The Labute approximate surface area is 212 Å². The summed E-state index contributed by atoms with van der Waals surface area (Å²) in [6.45, 7) is 4.81. The molecule has 0 saturated carbocycles. The molecule has 5 rings (SSSR count). The predicted octanol–water partition coefficient (Wildman–Crippen LogP) is 4.59. The first kappa shape index (κ1) is 23.6. The number of pyridine rings is 1. The molecule has 1 aromatic carbocycles. The lowest BCUT2D eigenvalue weighted by molar-refractivity contribution is -0.131. The Hall–Kier alpha value is -3.11. The van der Waals surface area contributed by atoms with E-state index in [1.54, 1.807) is 32.0 Å². The lowest BCUT2D eigenvalue weighted by Gasteiger charge is -2.41. The highest BCUT2D eigenvalue weighted by molar-refractivity contribution is 8.01. The number of carbonyl (C=O) groups is 2. The number of thiazole rings is 1. The molecular weight excluding hydrogens is 482 g/mol. The smallest absolute Gasteiger partial charge is 0.258 e. The normalized spacial score (nSPS) is 19.1. The highest BCUT2D eigenvalue weighted by Gasteiger charge is 2.44. The van der Waals surface area contributed by atoms with Crippen molar-refractivity contribution in [3.63, 3.8) is 0 Å². The number of methoxy groups -OCH3 is 1. The summed E-state index contributed by atoms with van der Waals surface area (Å²) in [4.78, 5) is 39.2. The number of amides is 2. The van der Waals surface area contributed by atoms with E-state index < -0.39 is 0 Å². The van der Waals surface area contributed by atoms with E-state index in [2.05, 4.69) is 15.3 Å². The highest BCUT2D eigenvalue weighted by atomic mass is 32.2. The van der Waals surface area contributed by atoms with Crippen LogP contribution < -0.4 is 10.1 Å². The minimum Gasteiger partial charge on any atom is -0.496 e. The number of aryl methyl sites for hydroxylation is 1. The van der Waals surface area contributed by atoms with Gasteiger partial charge in [-0.3, -0.25) is 9.59 Å². The van der Waals surface area contributed by atoms with Gasteiger partial charge in [0.1, 0.15) is 11.6 Å². The fraction of sp³-hybridized carbons (Fsp3) is 0.360. The number of likely N-dealkylation sites (tertiary alicyclic amines) is 1. The fourth-order valence-corrected chi connectivity index (χ4v) is 6.71. The largest absolute Gasteiger partial charge is 0.496 e. The van der Waals surface area contributed by atoms with E-state index in [1.165, 1.54) is 11.3 Å². The molecule has 4 heterocycles. The van der Waals surface area contributed by atoms with Gasteiger partial charge in [-0.25, -0.2) is 9.97 Å². The summed E-state index contributed by atoms with van der Waals surface area (Å²) in [7, 11) is 1.60. The van der Waals surface area contributed by atoms with Crippen molar-refractivity contribution in [2.45, 2.75) is 47.9 Å². The van der Waals surface area contributed by atoms with E-state index in [1.807, 2.05) is 53.3 Å². The number of fused-ring (bicyclic) bond motifs is 2. The molecular formula is C25H27N5O3S2. The van der Waals surface area contributed by atoms with Crippen molar-refractivity contribution in [3.8, 4) is 5.75 Å². The maximum absolute atomic E-state index is 13.7. The number of anilines is 2. The number of piperazine rings is 1. The van der Waals surface area contributed by atoms with Crippen molar-refractivity contribution in [2.24, 2.45) is 0 Å². The number of benzene rings is 1. The van der Waals surface area contributed by atoms with Gasteiger partial charge in [0, 0.05) is 31.1 Å². The van der Waals surface area contributed by atoms with Crippen LogP contribution in [0.1, 0.15) is 35.7 Å². The molecule has 35 heavy (non-hydrogen) atoms. The van der Waals surface area contributed by atoms with Crippen LogP contribution in [0.3, 0.4) is 0 Å². The van der Waals surface area contributed by atoms with Gasteiger partial charge in [-0.05, 0) is 49.6 Å². The second-order valence-corrected chi connectivity index (χ2v) is 11.1. The van der Waals surface area contributed by atoms with Gasteiger partial charge in [0.2, 0.25) is 5.91 Å². The Kier molecular flexibility index (Phi) is 6.66. The number of nitrogens with one attached hydrogen (secondary N) is 1. The fourth-order valence-electron chi connectivity index (χ4n) is 4.76. The van der Waals surface area contributed by atoms with Crippen LogP contribution >= 0.6 is 23.1 Å². The molecule has 0 unspecified atom stereocenters. The minimum absolute atomic E-state index is 0.0267. The summed E-state index contributed by atoms with van der Waals surface area (Å²) >= 11 is 3.11. The monoisotopic (exact) mass is 509 g/mol. The lowest BCUT2D eigenvalue weighted by atomic mass is 10.1. The van der Waals surface area contributed by atoms with Crippen molar-refractivity contribution in [2.75, 3.05) is 25.5 Å². The number of aromatic nitrogens is 2. The van der Waals surface area contributed by atoms with E-state index in [0.29, 0.717) is 24.4 Å². The highest BCUT2D eigenvalue weighted by Crippen LogP contribution is 2.40. The molecule has 2 saturated heterocycles. The quantitative estimate of drug-likeness (QED) is 0.520. The molecule has 2 aromatic heterocycles. The molecule has 2 atom stereocenters. The van der Waals surface area contributed by atoms with Gasteiger partial charge in [-0.15, -0.1) is 0 Å². The minimum atomic E-state index is -0.0267. The van der Waals surface area contributed by atoms with Crippen LogP contribution in [0.25, 0.3) is 0 Å². The Morgan fingerprint density at radius 3 is 2.60 bits per heavy atom. The molecule has 0 aliphatic carbocycles. The zero-order chi connectivity index (χ0) is 24.5. The van der Waals surface area contributed by atoms with Crippen molar-refractivity contribution in [1.29, 1.82) is 0 Å². The molecule has 0 spiro atoms. The summed E-state index contributed by atoms with van der Waals surface area (Å²) in [5.74, 6) is 1.36. The first-order valence-electron chi connectivity index (χ1n) is 11.5. The first-order chi connectivity index (χ1) is 16.9. The number of hydrogen-bond donors (Lipinski definition) is 1. The van der Waals surface area contributed by atoms with Crippen LogP contribution in [-0.2, 0) is 4.79 Å². The van der Waals surface area contributed by atoms with Crippen molar-refractivity contribution in [1.82, 2.24) is 19.8 Å². The predicted molar refractivity (Wildman–Crippen MR) is 137 cm³/mol. The summed E-state index contributed by atoms with van der Waals surface area (Å²) in [5, 5.41) is 3.98. The molecule has 3 aromatic rings. The summed E-state index contributed by atoms with van der Waals surface area (Å²) in [5.41, 5.74) is 1.59. The summed E-state index contributed by atoms with van der Waals surface area (Å²) in [6.07, 6.45) is 5.40. The molecule has 182 valence electrons. The van der Waals surface area contributed by atoms with Crippen LogP contribution in [0.4, 0.5) is 10.9 Å². The van der Waals surface area contributed by atoms with Crippen LogP contribution in [0.5, 0.6) is 5.75 Å². The van der Waals surface area contributed by atoms with Gasteiger partial charge >= 0.3 is 0 Å². The van der Waals surface area contributed by atoms with E-state index in [0.717, 1.165) is 38.5 Å². The molecule has 2 bridgehead atoms. The van der Waals surface area contributed by atoms with Gasteiger partial charge < -0.3 is 19.9 Å². The maximum atomic E-state index is 13.7. The number of carbonyl (C=O) groups excluding carboxylic acids is 2. The number of rotatable bonds is 6. The summed E-state index contributed by atoms with van der Waals surface area (Å²) in [6, 6.07) is 9.64. The van der Waals surface area contributed by atoms with Crippen molar-refractivity contribution < 1.29 is 14.3 Å². The molecule has 2 fully saturated rings. The van der Waals surface area contributed by atoms with Gasteiger partial charge in [0.25, 0.3) is 5.91 Å². The molecule has 10 heteroatoms. The van der Waals surface area contributed by atoms with E-state index in [4.69, 9.17) is 4.74 Å². The van der Waals surface area contributed by atoms with Crippen LogP contribution in [-0.4, -0.2) is 63.9 Å². The van der Waals surface area contributed by atoms with Crippen LogP contribution in [0.2, 0.25) is 0 Å². The van der Waals surface area contributed by atoms with Gasteiger partial charge in [-0.1, -0.05) is 29.2 Å². The number of nitrogens with zero attached hydrogens (tertiary/aromatic N) is 4. The van der Waals surface area contributed by atoms with E-state index in [9.17, 15) is 9.59 Å². The third-order valence-corrected chi connectivity index (χ3v) is 8.66. The lowest BCUT2D eigenvalue weighted by Crippen LogP contribution is -2.56. The Bertz CT molecular complexity index is 1240. The Balaban J connectivity index is 1.37. The standard InChI is InChI=1S/C25H27N5O3S2/c1-15-10-20(33-3)19(24(32)30-17-7-8-18(30)14-29(13-17)16(2)31)11-21(15)34-23-12-27-25(35-23)28-22-6-4-5-9-26-22/h4-6,9-12,17-18H,7-8,13-14H2,1-3H3,(H,26,27,28)/t17-,18+. The van der Waals surface area contributed by atoms with Gasteiger partial charge in [-0.2, -0.15) is 0 Å². The van der Waals surface area contributed by atoms with E-state index >= 15 is 0 Å².